The highest BCUT2D eigenvalue weighted by Crippen LogP contribution is 2.50. The summed E-state index contributed by atoms with van der Waals surface area (Å²) in [6.07, 6.45) is 3.13. The van der Waals surface area contributed by atoms with Gasteiger partial charge in [-0.25, -0.2) is 0 Å². The molecule has 0 spiro atoms. The van der Waals surface area contributed by atoms with Crippen molar-refractivity contribution in [2.75, 3.05) is 5.32 Å². The second-order valence-electron chi connectivity index (χ2n) is 9.90. The summed E-state index contributed by atoms with van der Waals surface area (Å²) in [6, 6.07) is 20.3. The van der Waals surface area contributed by atoms with Crippen LogP contribution < -0.4 is 5.32 Å². The fourth-order valence-electron chi connectivity index (χ4n) is 5.18. The van der Waals surface area contributed by atoms with Crippen molar-refractivity contribution in [3.8, 4) is 6.07 Å². The number of anilines is 1. The first-order chi connectivity index (χ1) is 15.8. The van der Waals surface area contributed by atoms with E-state index >= 15 is 0 Å². The number of nitrogens with one attached hydrogen (secondary N) is 1. The maximum atomic E-state index is 13.7. The van der Waals surface area contributed by atoms with E-state index in [-0.39, 0.29) is 23.2 Å². The molecule has 2 atom stereocenters. The molecule has 2 heterocycles. The van der Waals surface area contributed by atoms with Crippen LogP contribution in [-0.4, -0.2) is 10.4 Å². The number of nitriles is 1. The minimum atomic E-state index is -0.295. The van der Waals surface area contributed by atoms with Crippen molar-refractivity contribution in [3.63, 3.8) is 0 Å². The molecule has 1 aliphatic heterocycles. The quantitative estimate of drug-likeness (QED) is 0.466. The molecule has 0 amide bonds. The van der Waals surface area contributed by atoms with Gasteiger partial charge in [-0.15, -0.1) is 0 Å². The maximum Gasteiger partial charge on any atom is 0.162 e. The van der Waals surface area contributed by atoms with Gasteiger partial charge in [0, 0.05) is 45.9 Å². The van der Waals surface area contributed by atoms with E-state index < -0.39 is 0 Å². The summed E-state index contributed by atoms with van der Waals surface area (Å²) in [5.74, 6) is 0.872. The molecule has 5 heteroatoms. The lowest BCUT2D eigenvalue weighted by molar-refractivity contribution is -0.116. The highest BCUT2D eigenvalue weighted by atomic mass is 35.5. The number of carbonyl (C=O) groups is 1. The summed E-state index contributed by atoms with van der Waals surface area (Å²) < 4.78 is 2.13. The molecule has 0 radical (unpaired) electrons. The standard InChI is InChI=1S/C28H26ClN3O/c1-28(2,3)32-16-20(15-30)25-24(18-9-11-21(29)12-10-18)26-22(31-27(25)32)13-19(14-23(26)33)17-7-5-4-6-8-17/h4-12,16,19,24,31H,13-14H2,1-3H3/t19-,24+/m0/s1. The molecular formula is C28H26ClN3O. The molecular weight excluding hydrogens is 430 g/mol. The fourth-order valence-corrected chi connectivity index (χ4v) is 5.31. The molecule has 1 N–H and O–H groups in total. The highest BCUT2D eigenvalue weighted by molar-refractivity contribution is 6.30. The molecule has 1 aliphatic carbocycles. The van der Waals surface area contributed by atoms with Gasteiger partial charge < -0.3 is 9.88 Å². The number of benzene rings is 2. The number of fused-ring (bicyclic) bond motifs is 1. The van der Waals surface area contributed by atoms with Crippen molar-refractivity contribution >= 4 is 23.2 Å². The first-order valence-electron chi connectivity index (χ1n) is 11.3. The predicted octanol–water partition coefficient (Wildman–Crippen LogP) is 6.73. The third kappa shape index (κ3) is 3.67. The molecule has 5 rings (SSSR count). The number of halogens is 1. The number of rotatable bonds is 2. The van der Waals surface area contributed by atoms with Crippen molar-refractivity contribution in [1.82, 2.24) is 4.57 Å². The number of ketones is 1. The summed E-state index contributed by atoms with van der Waals surface area (Å²) in [7, 11) is 0. The minimum Gasteiger partial charge on any atom is -0.344 e. The Hall–Kier alpha value is -3.29. The van der Waals surface area contributed by atoms with Crippen molar-refractivity contribution in [3.05, 3.63) is 99.3 Å². The van der Waals surface area contributed by atoms with Gasteiger partial charge in [0.25, 0.3) is 0 Å². The van der Waals surface area contributed by atoms with Crippen LogP contribution in [0.2, 0.25) is 5.02 Å². The van der Waals surface area contributed by atoms with E-state index in [4.69, 9.17) is 11.6 Å². The number of nitrogens with zero attached hydrogens (tertiary/aromatic N) is 2. The van der Waals surface area contributed by atoms with Crippen LogP contribution in [0, 0.1) is 11.3 Å². The Balaban J connectivity index is 1.72. The molecule has 33 heavy (non-hydrogen) atoms. The van der Waals surface area contributed by atoms with Crippen molar-refractivity contribution in [2.45, 2.75) is 51.0 Å². The lowest BCUT2D eigenvalue weighted by atomic mass is 9.72. The maximum absolute atomic E-state index is 13.7. The minimum absolute atomic E-state index is 0.130. The van der Waals surface area contributed by atoms with E-state index in [1.807, 2.05) is 48.7 Å². The van der Waals surface area contributed by atoms with E-state index in [2.05, 4.69) is 48.9 Å². The third-order valence-electron chi connectivity index (χ3n) is 6.72. The first-order valence-corrected chi connectivity index (χ1v) is 11.6. The van der Waals surface area contributed by atoms with E-state index in [1.54, 1.807) is 0 Å². The number of hydrogen-bond donors (Lipinski definition) is 1. The van der Waals surface area contributed by atoms with Crippen molar-refractivity contribution < 1.29 is 4.79 Å². The average Bonchev–Trinajstić information content (AvgIpc) is 3.18. The largest absolute Gasteiger partial charge is 0.344 e. The van der Waals surface area contributed by atoms with Gasteiger partial charge >= 0.3 is 0 Å². The summed E-state index contributed by atoms with van der Waals surface area (Å²) in [6.45, 7) is 6.36. The summed E-state index contributed by atoms with van der Waals surface area (Å²) in [4.78, 5) is 13.7. The van der Waals surface area contributed by atoms with E-state index in [1.165, 1.54) is 5.56 Å². The molecule has 0 unspecified atom stereocenters. The summed E-state index contributed by atoms with van der Waals surface area (Å²) in [5.41, 5.74) is 5.13. The Morgan fingerprint density at radius 2 is 1.73 bits per heavy atom. The number of aromatic nitrogens is 1. The molecule has 0 saturated heterocycles. The molecule has 0 saturated carbocycles. The van der Waals surface area contributed by atoms with Gasteiger partial charge in [0.1, 0.15) is 11.9 Å². The number of Topliss-reactive ketones (excluding diaryl/α,β-unsaturated/α-hetero) is 1. The van der Waals surface area contributed by atoms with E-state index in [9.17, 15) is 10.1 Å². The molecule has 1 aromatic heterocycles. The Morgan fingerprint density at radius 1 is 1.03 bits per heavy atom. The zero-order chi connectivity index (χ0) is 23.3. The molecule has 0 fully saturated rings. The lowest BCUT2D eigenvalue weighted by Crippen LogP contribution is -2.32. The van der Waals surface area contributed by atoms with Crippen LogP contribution in [0.25, 0.3) is 0 Å². The molecule has 3 aromatic rings. The van der Waals surface area contributed by atoms with Gasteiger partial charge in [0.05, 0.1) is 5.56 Å². The van der Waals surface area contributed by atoms with E-state index in [0.717, 1.165) is 34.6 Å². The van der Waals surface area contributed by atoms with Crippen molar-refractivity contribution in [1.29, 1.82) is 5.26 Å². The average molecular weight is 456 g/mol. The van der Waals surface area contributed by atoms with E-state index in [0.29, 0.717) is 17.0 Å². The van der Waals surface area contributed by atoms with Gasteiger partial charge in [-0.05, 0) is 56.4 Å². The second-order valence-corrected chi connectivity index (χ2v) is 10.3. The van der Waals surface area contributed by atoms with Crippen LogP contribution in [0.15, 0.2) is 72.1 Å². The Morgan fingerprint density at radius 3 is 2.36 bits per heavy atom. The molecule has 4 nitrogen and oxygen atoms in total. The number of hydrogen-bond acceptors (Lipinski definition) is 3. The van der Waals surface area contributed by atoms with Gasteiger partial charge in [-0.1, -0.05) is 54.1 Å². The number of carbonyl (C=O) groups excluding carboxylic acids is 1. The molecule has 166 valence electrons. The molecule has 2 aliphatic rings. The second kappa shape index (κ2) is 7.93. The lowest BCUT2D eigenvalue weighted by Gasteiger charge is -2.37. The third-order valence-corrected chi connectivity index (χ3v) is 6.97. The molecule has 2 aromatic carbocycles. The topological polar surface area (TPSA) is 57.8 Å². The van der Waals surface area contributed by atoms with Crippen molar-refractivity contribution in [2.24, 2.45) is 0 Å². The van der Waals surface area contributed by atoms with Crippen LogP contribution in [0.3, 0.4) is 0 Å². The zero-order valence-electron chi connectivity index (χ0n) is 19.0. The number of allylic oxidation sites excluding steroid dienone is 2. The van der Waals surface area contributed by atoms with Crippen LogP contribution in [0.4, 0.5) is 5.82 Å². The first kappa shape index (κ1) is 21.6. The monoisotopic (exact) mass is 455 g/mol. The van der Waals surface area contributed by atoms with Gasteiger partial charge in [0.15, 0.2) is 5.78 Å². The Bertz CT molecular complexity index is 1300. The summed E-state index contributed by atoms with van der Waals surface area (Å²) in [5, 5.41) is 14.3. The zero-order valence-corrected chi connectivity index (χ0v) is 19.8. The fraction of sp³-hybridized carbons (Fsp3) is 0.286. The normalized spacial score (nSPS) is 20.0. The van der Waals surface area contributed by atoms with Gasteiger partial charge in [-0.3, -0.25) is 4.79 Å². The van der Waals surface area contributed by atoms with Crippen LogP contribution in [-0.2, 0) is 10.3 Å². The van der Waals surface area contributed by atoms with Crippen LogP contribution in [0.5, 0.6) is 0 Å². The van der Waals surface area contributed by atoms with Gasteiger partial charge in [0.2, 0.25) is 0 Å². The van der Waals surface area contributed by atoms with Gasteiger partial charge in [-0.2, -0.15) is 5.26 Å². The Kier molecular flexibility index (Phi) is 5.18. The highest BCUT2D eigenvalue weighted by Gasteiger charge is 2.41. The van der Waals surface area contributed by atoms with Crippen LogP contribution >= 0.6 is 11.6 Å². The van der Waals surface area contributed by atoms with Crippen LogP contribution in [0.1, 0.15) is 67.7 Å². The molecule has 0 bridgehead atoms. The Labute approximate surface area is 199 Å². The summed E-state index contributed by atoms with van der Waals surface area (Å²) >= 11 is 6.18. The SMILES string of the molecule is CC(C)(C)n1cc(C#N)c2c1NC1=C(C(=O)C[C@@H](c3ccccc3)C1)[C@@H]2c1ccc(Cl)cc1. The predicted molar refractivity (Wildman–Crippen MR) is 132 cm³/mol. The smallest absolute Gasteiger partial charge is 0.162 e.